The number of benzene rings is 1. The summed E-state index contributed by atoms with van der Waals surface area (Å²) >= 11 is 1.58. The molecule has 4 rings (SSSR count). The van der Waals surface area contributed by atoms with Gasteiger partial charge in [-0.05, 0) is 24.3 Å². The van der Waals surface area contributed by atoms with Crippen LogP contribution in [0.3, 0.4) is 0 Å². The van der Waals surface area contributed by atoms with E-state index in [2.05, 4.69) is 22.0 Å². The van der Waals surface area contributed by atoms with Crippen molar-refractivity contribution in [3.05, 3.63) is 52.0 Å². The first kappa shape index (κ1) is 18.6. The predicted octanol–water partition coefficient (Wildman–Crippen LogP) is 2.92. The number of nitrogens with zero attached hydrogens (tertiary/aromatic N) is 3. The van der Waals surface area contributed by atoms with E-state index >= 15 is 0 Å². The highest BCUT2D eigenvalue weighted by atomic mass is 32.1. The Balaban J connectivity index is 1.28. The molecule has 1 amide bonds. The second-order valence-corrected chi connectivity index (χ2v) is 8.38. The molecule has 0 saturated carbocycles. The molecule has 27 heavy (non-hydrogen) atoms. The molecule has 0 unspecified atom stereocenters. The van der Waals surface area contributed by atoms with Crippen molar-refractivity contribution in [3.8, 4) is 0 Å². The van der Waals surface area contributed by atoms with E-state index in [9.17, 15) is 4.79 Å². The lowest BCUT2D eigenvalue weighted by Gasteiger charge is -2.37. The number of aromatic nitrogens is 1. The maximum atomic E-state index is 12.8. The first-order valence-corrected chi connectivity index (χ1v) is 10.7. The molecule has 3 heterocycles. The minimum atomic E-state index is 0.0799. The SMILES string of the molecule is O=C(c1csc(Cc2ccccc2)n1)N1CCN(CC2CCOCC2)CC1. The van der Waals surface area contributed by atoms with E-state index < -0.39 is 0 Å². The van der Waals surface area contributed by atoms with E-state index in [1.54, 1.807) is 11.3 Å². The van der Waals surface area contributed by atoms with Crippen LogP contribution in [0.4, 0.5) is 0 Å². The van der Waals surface area contributed by atoms with Crippen LogP contribution in [-0.4, -0.2) is 66.6 Å². The molecule has 0 bridgehead atoms. The summed E-state index contributed by atoms with van der Waals surface area (Å²) in [5.74, 6) is 0.830. The molecule has 2 aromatic rings. The van der Waals surface area contributed by atoms with Crippen LogP contribution in [0.2, 0.25) is 0 Å². The molecular weight excluding hydrogens is 358 g/mol. The van der Waals surface area contributed by atoms with Gasteiger partial charge in [0.2, 0.25) is 0 Å². The zero-order chi connectivity index (χ0) is 18.5. The second kappa shape index (κ2) is 8.95. The Bertz CT molecular complexity index is 735. The number of hydrogen-bond donors (Lipinski definition) is 0. The number of thiazole rings is 1. The van der Waals surface area contributed by atoms with Gasteiger partial charge >= 0.3 is 0 Å². The molecule has 2 aliphatic heterocycles. The number of carbonyl (C=O) groups excluding carboxylic acids is 1. The molecule has 0 aliphatic carbocycles. The topological polar surface area (TPSA) is 45.7 Å². The Morgan fingerprint density at radius 3 is 2.59 bits per heavy atom. The summed E-state index contributed by atoms with van der Waals surface area (Å²) in [4.78, 5) is 21.9. The molecule has 1 aromatic heterocycles. The quantitative estimate of drug-likeness (QED) is 0.794. The van der Waals surface area contributed by atoms with Crippen molar-refractivity contribution >= 4 is 17.2 Å². The monoisotopic (exact) mass is 385 g/mol. The lowest BCUT2D eigenvalue weighted by Crippen LogP contribution is -2.50. The van der Waals surface area contributed by atoms with Gasteiger partial charge in [0, 0.05) is 57.7 Å². The molecule has 6 heteroatoms. The van der Waals surface area contributed by atoms with Crippen molar-refractivity contribution in [2.75, 3.05) is 45.9 Å². The first-order valence-electron chi connectivity index (χ1n) is 9.85. The molecular formula is C21H27N3O2S. The van der Waals surface area contributed by atoms with Gasteiger partial charge in [-0.1, -0.05) is 30.3 Å². The highest BCUT2D eigenvalue weighted by Crippen LogP contribution is 2.19. The molecule has 0 radical (unpaired) electrons. The average molecular weight is 386 g/mol. The Kier molecular flexibility index (Phi) is 6.17. The van der Waals surface area contributed by atoms with E-state index in [0.29, 0.717) is 5.69 Å². The summed E-state index contributed by atoms with van der Waals surface area (Å²) in [5.41, 5.74) is 1.83. The number of ether oxygens (including phenoxy) is 1. The van der Waals surface area contributed by atoms with E-state index in [-0.39, 0.29) is 5.91 Å². The van der Waals surface area contributed by atoms with E-state index in [1.807, 2.05) is 28.5 Å². The molecule has 144 valence electrons. The average Bonchev–Trinajstić information content (AvgIpc) is 3.18. The second-order valence-electron chi connectivity index (χ2n) is 7.44. The van der Waals surface area contributed by atoms with Crippen molar-refractivity contribution in [2.24, 2.45) is 5.92 Å². The summed E-state index contributed by atoms with van der Waals surface area (Å²) in [6.45, 7) is 6.47. The molecule has 5 nitrogen and oxygen atoms in total. The van der Waals surface area contributed by atoms with Gasteiger partial charge in [0.1, 0.15) is 5.69 Å². The van der Waals surface area contributed by atoms with Gasteiger partial charge < -0.3 is 9.64 Å². The molecule has 1 aromatic carbocycles. The van der Waals surface area contributed by atoms with Crippen molar-refractivity contribution in [1.29, 1.82) is 0 Å². The van der Waals surface area contributed by atoms with Crippen molar-refractivity contribution in [1.82, 2.24) is 14.8 Å². The van der Waals surface area contributed by atoms with E-state index in [0.717, 1.165) is 63.3 Å². The third kappa shape index (κ3) is 4.94. The van der Waals surface area contributed by atoms with Crippen LogP contribution >= 0.6 is 11.3 Å². The zero-order valence-electron chi connectivity index (χ0n) is 15.7. The Labute approximate surface area is 165 Å². The highest BCUT2D eigenvalue weighted by molar-refractivity contribution is 7.09. The predicted molar refractivity (Wildman–Crippen MR) is 107 cm³/mol. The molecule has 2 aliphatic rings. The third-order valence-corrected chi connectivity index (χ3v) is 6.33. The number of amides is 1. The Morgan fingerprint density at radius 2 is 1.85 bits per heavy atom. The van der Waals surface area contributed by atoms with Crippen LogP contribution in [0.5, 0.6) is 0 Å². The largest absolute Gasteiger partial charge is 0.381 e. The van der Waals surface area contributed by atoms with Crippen LogP contribution in [0, 0.1) is 5.92 Å². The molecule has 0 spiro atoms. The fraction of sp³-hybridized carbons (Fsp3) is 0.524. The zero-order valence-corrected chi connectivity index (χ0v) is 16.5. The fourth-order valence-electron chi connectivity index (χ4n) is 3.85. The van der Waals surface area contributed by atoms with Gasteiger partial charge in [-0.25, -0.2) is 4.98 Å². The van der Waals surface area contributed by atoms with Crippen LogP contribution < -0.4 is 0 Å². The molecule has 0 atom stereocenters. The Hall–Kier alpha value is -1.76. The van der Waals surface area contributed by atoms with Crippen LogP contribution in [0.25, 0.3) is 0 Å². The summed E-state index contributed by atoms with van der Waals surface area (Å²) in [6.07, 6.45) is 3.13. The van der Waals surface area contributed by atoms with E-state index in [1.165, 1.54) is 18.4 Å². The fourth-order valence-corrected chi connectivity index (χ4v) is 4.65. The summed E-state index contributed by atoms with van der Waals surface area (Å²) in [7, 11) is 0. The lowest BCUT2D eigenvalue weighted by atomic mass is 9.99. The first-order chi connectivity index (χ1) is 13.3. The van der Waals surface area contributed by atoms with Crippen molar-refractivity contribution < 1.29 is 9.53 Å². The van der Waals surface area contributed by atoms with Gasteiger partial charge in [0.25, 0.3) is 5.91 Å². The minimum Gasteiger partial charge on any atom is -0.381 e. The maximum absolute atomic E-state index is 12.8. The number of rotatable bonds is 5. The maximum Gasteiger partial charge on any atom is 0.273 e. The third-order valence-electron chi connectivity index (χ3n) is 5.49. The standard InChI is InChI=1S/C21H27N3O2S/c25-21(19-16-27-20(22-19)14-17-4-2-1-3-5-17)24-10-8-23(9-11-24)15-18-6-12-26-13-7-18/h1-5,16,18H,6-15H2. The van der Waals surface area contributed by atoms with Crippen molar-refractivity contribution in [2.45, 2.75) is 19.3 Å². The number of hydrogen-bond acceptors (Lipinski definition) is 5. The number of piperazine rings is 1. The number of carbonyl (C=O) groups is 1. The van der Waals surface area contributed by atoms with Gasteiger partial charge in [-0.2, -0.15) is 0 Å². The summed E-state index contributed by atoms with van der Waals surface area (Å²) in [5, 5.41) is 2.91. The summed E-state index contributed by atoms with van der Waals surface area (Å²) in [6, 6.07) is 10.3. The lowest BCUT2D eigenvalue weighted by molar-refractivity contribution is 0.0391. The van der Waals surface area contributed by atoms with Gasteiger partial charge in [-0.15, -0.1) is 11.3 Å². The minimum absolute atomic E-state index is 0.0799. The normalized spacial score (nSPS) is 19.3. The highest BCUT2D eigenvalue weighted by Gasteiger charge is 2.25. The molecule has 2 saturated heterocycles. The van der Waals surface area contributed by atoms with Crippen LogP contribution in [0.1, 0.15) is 33.9 Å². The van der Waals surface area contributed by atoms with Gasteiger partial charge in [0.15, 0.2) is 0 Å². The smallest absolute Gasteiger partial charge is 0.273 e. The van der Waals surface area contributed by atoms with Gasteiger partial charge in [0.05, 0.1) is 5.01 Å². The van der Waals surface area contributed by atoms with E-state index in [4.69, 9.17) is 4.74 Å². The summed E-state index contributed by atoms with van der Waals surface area (Å²) < 4.78 is 5.45. The van der Waals surface area contributed by atoms with Crippen molar-refractivity contribution in [3.63, 3.8) is 0 Å². The molecule has 2 fully saturated rings. The molecule has 0 N–H and O–H groups in total. The Morgan fingerprint density at radius 1 is 1.11 bits per heavy atom. The van der Waals surface area contributed by atoms with Crippen LogP contribution in [-0.2, 0) is 11.2 Å². The van der Waals surface area contributed by atoms with Crippen LogP contribution in [0.15, 0.2) is 35.7 Å². The van der Waals surface area contributed by atoms with Gasteiger partial charge in [-0.3, -0.25) is 9.69 Å².